The van der Waals surface area contributed by atoms with Crippen LogP contribution in [0, 0.1) is 35.0 Å². The molecule has 1 heteroatoms. The van der Waals surface area contributed by atoms with Gasteiger partial charge in [-0.1, -0.05) is 6.92 Å². The Labute approximate surface area is 106 Å². The van der Waals surface area contributed by atoms with Crippen molar-refractivity contribution >= 4 is 0 Å². The summed E-state index contributed by atoms with van der Waals surface area (Å²) >= 11 is 0. The lowest BCUT2D eigenvalue weighted by Gasteiger charge is -2.60. The van der Waals surface area contributed by atoms with Crippen molar-refractivity contribution in [1.82, 2.24) is 5.32 Å². The van der Waals surface area contributed by atoms with Crippen LogP contribution in [0.4, 0.5) is 0 Å². The molecule has 1 N–H and O–H groups in total. The van der Waals surface area contributed by atoms with Crippen LogP contribution in [0.5, 0.6) is 0 Å². The van der Waals surface area contributed by atoms with Gasteiger partial charge in [0.2, 0.25) is 0 Å². The first-order valence-electron chi connectivity index (χ1n) is 7.96. The average molecular weight is 233 g/mol. The van der Waals surface area contributed by atoms with Crippen molar-refractivity contribution in [2.24, 2.45) is 35.0 Å². The van der Waals surface area contributed by atoms with Crippen molar-refractivity contribution < 1.29 is 0 Å². The largest absolute Gasteiger partial charge is 0.316 e. The molecule has 1 nitrogen and oxygen atoms in total. The molecule has 17 heavy (non-hydrogen) atoms. The van der Waals surface area contributed by atoms with Crippen LogP contribution in [0.3, 0.4) is 0 Å². The molecule has 4 aliphatic carbocycles. The Hall–Kier alpha value is -0.0400. The highest BCUT2D eigenvalue weighted by molar-refractivity contribution is 5.04. The fraction of sp³-hybridized carbons (Fsp3) is 1.00. The zero-order valence-electron chi connectivity index (χ0n) is 11.3. The SMILES string of the molecule is CC(C1CCNC1)C12CC3CC(CC(C3)C1)C2. The van der Waals surface area contributed by atoms with Crippen molar-refractivity contribution in [1.29, 1.82) is 0 Å². The fourth-order valence-corrected chi connectivity index (χ4v) is 6.34. The molecule has 1 saturated heterocycles. The summed E-state index contributed by atoms with van der Waals surface area (Å²) in [5.74, 6) is 5.35. The highest BCUT2D eigenvalue weighted by Gasteiger charge is 2.54. The molecule has 0 radical (unpaired) electrons. The zero-order valence-corrected chi connectivity index (χ0v) is 11.3. The topological polar surface area (TPSA) is 12.0 Å². The molecule has 5 rings (SSSR count). The highest BCUT2D eigenvalue weighted by atomic mass is 14.9. The predicted octanol–water partition coefficient (Wildman–Crippen LogP) is 3.45. The van der Waals surface area contributed by atoms with Crippen LogP contribution in [0.15, 0.2) is 0 Å². The van der Waals surface area contributed by atoms with Crippen LogP contribution in [-0.4, -0.2) is 13.1 Å². The summed E-state index contributed by atoms with van der Waals surface area (Å²) in [6.07, 6.45) is 11.0. The monoisotopic (exact) mass is 233 g/mol. The molecule has 1 aliphatic heterocycles. The zero-order chi connectivity index (χ0) is 11.5. The standard InChI is InChI=1S/C16H27N/c1-11(15-2-3-17-10-15)16-7-12-4-13(8-16)6-14(5-12)9-16/h11-15,17H,2-10H2,1H3. The van der Waals surface area contributed by atoms with E-state index in [1.54, 1.807) is 38.5 Å². The van der Waals surface area contributed by atoms with Gasteiger partial charge < -0.3 is 5.32 Å². The molecule has 0 aromatic carbocycles. The summed E-state index contributed by atoms with van der Waals surface area (Å²) in [6.45, 7) is 5.19. The van der Waals surface area contributed by atoms with Crippen LogP contribution in [0.25, 0.3) is 0 Å². The molecule has 4 bridgehead atoms. The van der Waals surface area contributed by atoms with Gasteiger partial charge in [-0.15, -0.1) is 0 Å². The minimum atomic E-state index is 0.783. The van der Waals surface area contributed by atoms with Crippen LogP contribution in [-0.2, 0) is 0 Å². The Morgan fingerprint density at radius 1 is 1.00 bits per heavy atom. The molecule has 0 amide bonds. The molecule has 0 aromatic rings. The lowest BCUT2D eigenvalue weighted by Crippen LogP contribution is -2.50. The third kappa shape index (κ3) is 1.61. The van der Waals surface area contributed by atoms with Crippen molar-refractivity contribution in [3.63, 3.8) is 0 Å². The predicted molar refractivity (Wildman–Crippen MR) is 70.7 cm³/mol. The smallest absolute Gasteiger partial charge is 0.00173 e. The van der Waals surface area contributed by atoms with Gasteiger partial charge in [0.25, 0.3) is 0 Å². The van der Waals surface area contributed by atoms with Crippen molar-refractivity contribution in [2.75, 3.05) is 13.1 Å². The molecular formula is C16H27N. The third-order valence-corrected chi connectivity index (χ3v) is 6.86. The lowest BCUT2D eigenvalue weighted by atomic mass is 9.45. The molecular weight excluding hydrogens is 206 g/mol. The second-order valence-electron chi connectivity index (χ2n) is 7.82. The summed E-state index contributed by atoms with van der Waals surface area (Å²) in [5, 5.41) is 3.59. The molecule has 4 saturated carbocycles. The molecule has 2 atom stereocenters. The van der Waals surface area contributed by atoms with E-state index in [0.29, 0.717) is 0 Å². The Bertz CT molecular complexity index is 267. The minimum Gasteiger partial charge on any atom is -0.316 e. The van der Waals surface area contributed by atoms with Crippen molar-refractivity contribution in [2.45, 2.75) is 51.9 Å². The maximum atomic E-state index is 3.59. The molecule has 0 spiro atoms. The van der Waals surface area contributed by atoms with E-state index in [4.69, 9.17) is 0 Å². The van der Waals surface area contributed by atoms with E-state index in [2.05, 4.69) is 12.2 Å². The molecule has 5 fully saturated rings. The highest BCUT2D eigenvalue weighted by Crippen LogP contribution is 2.63. The van der Waals surface area contributed by atoms with E-state index >= 15 is 0 Å². The summed E-state index contributed by atoms with van der Waals surface area (Å²) in [6, 6.07) is 0. The van der Waals surface area contributed by atoms with E-state index < -0.39 is 0 Å². The van der Waals surface area contributed by atoms with Gasteiger partial charge in [-0.05, 0) is 93.0 Å². The average Bonchev–Trinajstić information content (AvgIpc) is 2.79. The normalized spacial score (nSPS) is 54.2. The van der Waals surface area contributed by atoms with Gasteiger partial charge in [0, 0.05) is 0 Å². The maximum absolute atomic E-state index is 3.59. The first-order valence-corrected chi connectivity index (χ1v) is 7.96. The van der Waals surface area contributed by atoms with Gasteiger partial charge in [-0.25, -0.2) is 0 Å². The van der Waals surface area contributed by atoms with Gasteiger partial charge in [-0.2, -0.15) is 0 Å². The molecule has 96 valence electrons. The first kappa shape index (κ1) is 10.8. The van der Waals surface area contributed by atoms with E-state index in [9.17, 15) is 0 Å². The molecule has 2 unspecified atom stereocenters. The lowest BCUT2D eigenvalue weighted by molar-refractivity contribution is -0.0945. The van der Waals surface area contributed by atoms with Gasteiger partial charge in [0.1, 0.15) is 0 Å². The van der Waals surface area contributed by atoms with E-state index in [1.807, 2.05) is 0 Å². The van der Waals surface area contributed by atoms with Crippen LogP contribution in [0.1, 0.15) is 51.9 Å². The number of rotatable bonds is 2. The Balaban J connectivity index is 1.59. The van der Waals surface area contributed by atoms with E-state index in [-0.39, 0.29) is 0 Å². The van der Waals surface area contributed by atoms with Crippen molar-refractivity contribution in [3.05, 3.63) is 0 Å². The minimum absolute atomic E-state index is 0.783. The Kier molecular flexibility index (Phi) is 2.38. The van der Waals surface area contributed by atoms with Gasteiger partial charge >= 0.3 is 0 Å². The molecule has 1 heterocycles. The summed E-state index contributed by atoms with van der Waals surface area (Å²) < 4.78 is 0. The van der Waals surface area contributed by atoms with Gasteiger partial charge in [0.15, 0.2) is 0 Å². The second-order valence-corrected chi connectivity index (χ2v) is 7.82. The van der Waals surface area contributed by atoms with Crippen LogP contribution < -0.4 is 5.32 Å². The molecule has 0 aromatic heterocycles. The second kappa shape index (κ2) is 3.73. The van der Waals surface area contributed by atoms with Crippen LogP contribution in [0.2, 0.25) is 0 Å². The van der Waals surface area contributed by atoms with E-state index in [0.717, 1.165) is 35.0 Å². The first-order chi connectivity index (χ1) is 8.25. The van der Waals surface area contributed by atoms with E-state index in [1.165, 1.54) is 19.5 Å². The Morgan fingerprint density at radius 2 is 1.59 bits per heavy atom. The van der Waals surface area contributed by atoms with Crippen LogP contribution >= 0.6 is 0 Å². The summed E-state index contributed by atoms with van der Waals surface area (Å²) in [5.41, 5.74) is 0.783. The van der Waals surface area contributed by atoms with Crippen molar-refractivity contribution in [3.8, 4) is 0 Å². The number of hydrogen-bond donors (Lipinski definition) is 1. The number of nitrogens with one attached hydrogen (secondary N) is 1. The number of hydrogen-bond acceptors (Lipinski definition) is 1. The quantitative estimate of drug-likeness (QED) is 0.770. The third-order valence-electron chi connectivity index (χ3n) is 6.86. The van der Waals surface area contributed by atoms with Gasteiger partial charge in [0.05, 0.1) is 0 Å². The Morgan fingerprint density at radius 3 is 2.06 bits per heavy atom. The maximum Gasteiger partial charge on any atom is -0.00173 e. The summed E-state index contributed by atoms with van der Waals surface area (Å²) in [7, 11) is 0. The van der Waals surface area contributed by atoms with Gasteiger partial charge in [-0.3, -0.25) is 0 Å². The molecule has 5 aliphatic rings. The fourth-order valence-electron chi connectivity index (χ4n) is 6.34. The summed E-state index contributed by atoms with van der Waals surface area (Å²) in [4.78, 5) is 0.